The van der Waals surface area contributed by atoms with E-state index in [4.69, 9.17) is 0 Å². The van der Waals surface area contributed by atoms with E-state index in [1.165, 1.54) is 0 Å². The average molecular weight is 415 g/mol. The maximum atomic E-state index is 12.5. The van der Waals surface area contributed by atoms with Crippen molar-refractivity contribution in [1.29, 1.82) is 0 Å². The molecule has 0 atom stereocenters. The number of urea groups is 1. The molecule has 0 bridgehead atoms. The second kappa shape index (κ2) is 8.24. The molecule has 0 saturated carbocycles. The molecule has 154 valence electrons. The summed E-state index contributed by atoms with van der Waals surface area (Å²) in [7, 11) is -3.86. The topological polar surface area (TPSA) is 104 Å². The summed E-state index contributed by atoms with van der Waals surface area (Å²) in [5, 5.41) is 10.3. The number of nitrogens with one attached hydrogen (secondary N) is 3. The molecule has 0 aliphatic carbocycles. The monoisotopic (exact) mass is 414 g/mol. The van der Waals surface area contributed by atoms with Crippen molar-refractivity contribution in [3.05, 3.63) is 59.3 Å². The Morgan fingerprint density at radius 2 is 1.72 bits per heavy atom. The van der Waals surface area contributed by atoms with Crippen LogP contribution in [-0.2, 0) is 15.8 Å². The third-order valence-corrected chi connectivity index (χ3v) is 5.93. The van der Waals surface area contributed by atoms with Gasteiger partial charge in [-0.05, 0) is 40.7 Å². The van der Waals surface area contributed by atoms with Gasteiger partial charge in [0.05, 0.1) is 17.5 Å². The molecule has 2 amide bonds. The highest BCUT2D eigenvalue weighted by Gasteiger charge is 2.20. The zero-order chi connectivity index (χ0) is 21.2. The third kappa shape index (κ3) is 4.95. The Labute approximate surface area is 171 Å². The lowest BCUT2D eigenvalue weighted by molar-refractivity contribution is 0.256. The van der Waals surface area contributed by atoms with Gasteiger partial charge in [0.15, 0.2) is 0 Å². The first kappa shape index (κ1) is 20.9. The lowest BCUT2D eigenvalue weighted by Gasteiger charge is -2.20. The second-order valence-corrected chi connectivity index (χ2v) is 9.45. The van der Waals surface area contributed by atoms with Crippen LogP contribution in [0.25, 0.3) is 10.9 Å². The number of aromatic amines is 1. The molecule has 0 fully saturated rings. The number of hydrogen-bond donors (Lipinski definition) is 3. The fraction of sp³-hybridized carbons (Fsp3) is 0.333. The summed E-state index contributed by atoms with van der Waals surface area (Å²) >= 11 is 0. The minimum absolute atomic E-state index is 0.183. The third-order valence-electron chi connectivity index (χ3n) is 4.72. The van der Waals surface area contributed by atoms with Crippen molar-refractivity contribution in [2.24, 2.45) is 0 Å². The molecular weight excluding hydrogens is 388 g/mol. The van der Waals surface area contributed by atoms with Crippen molar-refractivity contribution in [2.75, 3.05) is 5.32 Å². The fourth-order valence-electron chi connectivity index (χ4n) is 3.31. The minimum Gasteiger partial charge on any atom is -0.307 e. The van der Waals surface area contributed by atoms with Crippen LogP contribution >= 0.6 is 0 Å². The Balaban J connectivity index is 1.77. The second-order valence-electron chi connectivity index (χ2n) is 7.73. The van der Waals surface area contributed by atoms with E-state index >= 15 is 0 Å². The van der Waals surface area contributed by atoms with Gasteiger partial charge in [-0.1, -0.05) is 52.0 Å². The predicted octanol–water partition coefficient (Wildman–Crippen LogP) is 4.46. The summed E-state index contributed by atoms with van der Waals surface area (Å²) in [5.41, 5.74) is 4.00. The van der Waals surface area contributed by atoms with Crippen LogP contribution in [0.3, 0.4) is 0 Å². The molecule has 7 nitrogen and oxygen atoms in total. The number of para-hydroxylation sites is 1. The van der Waals surface area contributed by atoms with Crippen molar-refractivity contribution in [3.8, 4) is 0 Å². The molecule has 0 aliphatic rings. The Bertz CT molecular complexity index is 1110. The number of carbonyl (C=O) groups excluding carboxylic acids is 1. The number of fused-ring (bicyclic) bond motifs is 1. The zero-order valence-corrected chi connectivity index (χ0v) is 17.8. The molecule has 1 heterocycles. The van der Waals surface area contributed by atoms with E-state index in [1.807, 2.05) is 45.9 Å². The normalized spacial score (nSPS) is 11.9. The molecule has 1 aromatic heterocycles. The van der Waals surface area contributed by atoms with Crippen LogP contribution < -0.4 is 10.0 Å². The molecule has 3 rings (SSSR count). The van der Waals surface area contributed by atoms with Gasteiger partial charge in [-0.25, -0.2) is 17.9 Å². The lowest BCUT2D eigenvalue weighted by Crippen LogP contribution is -2.35. The van der Waals surface area contributed by atoms with E-state index in [0.717, 1.165) is 22.0 Å². The van der Waals surface area contributed by atoms with Gasteiger partial charge in [-0.3, -0.25) is 5.10 Å². The molecule has 3 N–H and O–H groups in total. The first-order chi connectivity index (χ1) is 13.7. The number of H-pyrrole nitrogens is 1. The number of nitrogens with zero attached hydrogens (tertiary/aromatic N) is 1. The van der Waals surface area contributed by atoms with Crippen molar-refractivity contribution in [2.45, 2.75) is 45.3 Å². The van der Waals surface area contributed by atoms with Gasteiger partial charge in [0.25, 0.3) is 0 Å². The lowest BCUT2D eigenvalue weighted by atomic mass is 9.93. The van der Waals surface area contributed by atoms with Crippen molar-refractivity contribution < 1.29 is 13.2 Å². The maximum Gasteiger partial charge on any atom is 0.332 e. The SMILES string of the molecule is CC(C)c1cccc(C(C)C)c1NC(=O)NS(=O)(=O)Cc1ccc2[nH]ncc2c1. The van der Waals surface area contributed by atoms with Crippen molar-refractivity contribution >= 4 is 32.6 Å². The summed E-state index contributed by atoms with van der Waals surface area (Å²) in [5.74, 6) is 0.0642. The van der Waals surface area contributed by atoms with E-state index in [1.54, 1.807) is 24.4 Å². The molecule has 8 heteroatoms. The Morgan fingerprint density at radius 3 is 2.34 bits per heavy atom. The number of rotatable bonds is 6. The van der Waals surface area contributed by atoms with Gasteiger partial charge in [-0.15, -0.1) is 0 Å². The van der Waals surface area contributed by atoms with Crippen LogP contribution in [0.2, 0.25) is 0 Å². The van der Waals surface area contributed by atoms with Crippen LogP contribution in [0.1, 0.15) is 56.2 Å². The van der Waals surface area contributed by atoms with Crippen molar-refractivity contribution in [3.63, 3.8) is 0 Å². The Morgan fingerprint density at radius 1 is 1.07 bits per heavy atom. The van der Waals surface area contributed by atoms with Gasteiger partial charge >= 0.3 is 6.03 Å². The van der Waals surface area contributed by atoms with E-state index in [2.05, 4.69) is 20.2 Å². The first-order valence-corrected chi connectivity index (χ1v) is 11.2. The minimum atomic E-state index is -3.86. The van der Waals surface area contributed by atoms with Crippen LogP contribution in [0.4, 0.5) is 10.5 Å². The number of hydrogen-bond acceptors (Lipinski definition) is 4. The molecular formula is C21H26N4O3S. The van der Waals surface area contributed by atoms with Gasteiger partial charge in [0.2, 0.25) is 10.0 Å². The number of anilines is 1. The smallest absolute Gasteiger partial charge is 0.307 e. The van der Waals surface area contributed by atoms with E-state index in [9.17, 15) is 13.2 Å². The average Bonchev–Trinajstić information content (AvgIpc) is 3.08. The number of benzene rings is 2. The molecule has 0 unspecified atom stereocenters. The fourth-order valence-corrected chi connectivity index (χ4v) is 4.34. The number of amides is 2. The number of aromatic nitrogens is 2. The Kier molecular flexibility index (Phi) is 5.93. The molecule has 0 saturated heterocycles. The highest BCUT2D eigenvalue weighted by atomic mass is 32.2. The van der Waals surface area contributed by atoms with E-state index < -0.39 is 16.1 Å². The van der Waals surface area contributed by atoms with E-state index in [-0.39, 0.29) is 17.6 Å². The van der Waals surface area contributed by atoms with Gasteiger partial charge in [0.1, 0.15) is 0 Å². The van der Waals surface area contributed by atoms with Gasteiger partial charge in [-0.2, -0.15) is 5.10 Å². The summed E-state index contributed by atoms with van der Waals surface area (Å²) in [6, 6.07) is 10.3. The molecule has 3 aromatic rings. The predicted molar refractivity (Wildman–Crippen MR) is 115 cm³/mol. The zero-order valence-electron chi connectivity index (χ0n) is 17.0. The maximum absolute atomic E-state index is 12.5. The molecule has 0 aliphatic heterocycles. The van der Waals surface area contributed by atoms with Crippen LogP contribution in [-0.4, -0.2) is 24.6 Å². The summed E-state index contributed by atoms with van der Waals surface area (Å²) in [4.78, 5) is 12.5. The van der Waals surface area contributed by atoms with Crippen LogP contribution in [0.15, 0.2) is 42.6 Å². The summed E-state index contributed by atoms with van der Waals surface area (Å²) < 4.78 is 27.2. The standard InChI is InChI=1S/C21H26N4O3S/c1-13(2)17-6-5-7-18(14(3)4)20(17)23-21(26)25-29(27,28)12-15-8-9-19-16(10-15)11-22-24-19/h5-11,13-14H,12H2,1-4H3,(H,22,24)(H2,23,25,26). The number of carbonyl (C=O) groups is 1. The quantitative estimate of drug-likeness (QED) is 0.554. The molecule has 0 spiro atoms. The molecule has 29 heavy (non-hydrogen) atoms. The number of sulfonamides is 1. The molecule has 2 aromatic carbocycles. The van der Waals surface area contributed by atoms with E-state index in [0.29, 0.717) is 11.3 Å². The van der Waals surface area contributed by atoms with Crippen LogP contribution in [0.5, 0.6) is 0 Å². The van der Waals surface area contributed by atoms with Gasteiger partial charge < -0.3 is 5.32 Å². The van der Waals surface area contributed by atoms with Gasteiger partial charge in [0, 0.05) is 11.1 Å². The van der Waals surface area contributed by atoms with Crippen LogP contribution in [0, 0.1) is 0 Å². The highest BCUT2D eigenvalue weighted by molar-refractivity contribution is 7.89. The molecule has 0 radical (unpaired) electrons. The summed E-state index contributed by atoms with van der Waals surface area (Å²) in [6.45, 7) is 8.13. The summed E-state index contributed by atoms with van der Waals surface area (Å²) in [6.07, 6.45) is 1.63. The first-order valence-electron chi connectivity index (χ1n) is 9.52. The highest BCUT2D eigenvalue weighted by Crippen LogP contribution is 2.32. The largest absolute Gasteiger partial charge is 0.332 e. The van der Waals surface area contributed by atoms with Crippen molar-refractivity contribution in [1.82, 2.24) is 14.9 Å². The Hall–Kier alpha value is -2.87.